The Morgan fingerprint density at radius 1 is 1.12 bits per heavy atom. The van der Waals surface area contributed by atoms with Crippen molar-refractivity contribution in [3.05, 3.63) is 60.2 Å². The van der Waals surface area contributed by atoms with E-state index in [1.54, 1.807) is 7.11 Å². The maximum absolute atomic E-state index is 12.7. The van der Waals surface area contributed by atoms with Crippen LogP contribution >= 0.6 is 0 Å². The number of rotatable bonds is 6. The summed E-state index contributed by atoms with van der Waals surface area (Å²) < 4.78 is 16.6. The molecule has 0 spiro atoms. The molecule has 1 saturated heterocycles. The zero-order valence-electron chi connectivity index (χ0n) is 14.4. The second-order valence-electron chi connectivity index (χ2n) is 5.84. The van der Waals surface area contributed by atoms with Crippen molar-refractivity contribution in [3.8, 4) is 11.5 Å². The van der Waals surface area contributed by atoms with Crippen LogP contribution < -0.4 is 9.47 Å². The van der Waals surface area contributed by atoms with E-state index in [0.717, 1.165) is 5.56 Å². The number of hydrogen-bond acceptors (Lipinski definition) is 4. The van der Waals surface area contributed by atoms with Crippen LogP contribution in [-0.2, 0) is 9.53 Å². The molecule has 2 aromatic rings. The fraction of sp³-hybridized carbons (Fsp3) is 0.350. The number of para-hydroxylation sites is 2. The molecule has 5 heteroatoms. The van der Waals surface area contributed by atoms with E-state index in [1.807, 2.05) is 59.5 Å². The predicted molar refractivity (Wildman–Crippen MR) is 94.8 cm³/mol. The number of methoxy groups -OCH3 is 1. The summed E-state index contributed by atoms with van der Waals surface area (Å²) in [5.41, 5.74) is 1.10. The molecule has 1 heterocycles. The first-order chi connectivity index (χ1) is 12.3. The van der Waals surface area contributed by atoms with Crippen molar-refractivity contribution < 1.29 is 19.0 Å². The Bertz CT molecular complexity index is 689. The van der Waals surface area contributed by atoms with Gasteiger partial charge in [-0.25, -0.2) is 0 Å². The molecule has 25 heavy (non-hydrogen) atoms. The van der Waals surface area contributed by atoms with Crippen LogP contribution in [0.1, 0.15) is 18.0 Å². The van der Waals surface area contributed by atoms with Crippen molar-refractivity contribution >= 4 is 5.91 Å². The van der Waals surface area contributed by atoms with E-state index in [2.05, 4.69) is 0 Å². The van der Waals surface area contributed by atoms with E-state index in [4.69, 9.17) is 14.2 Å². The van der Waals surface area contributed by atoms with Crippen molar-refractivity contribution in [2.24, 2.45) is 0 Å². The molecular formula is C20H23NO4. The molecule has 2 aromatic carbocycles. The number of hydrogen-bond donors (Lipinski definition) is 0. The zero-order chi connectivity index (χ0) is 17.5. The van der Waals surface area contributed by atoms with Crippen molar-refractivity contribution in [1.82, 2.24) is 4.90 Å². The number of nitrogens with zero attached hydrogens (tertiary/aromatic N) is 1. The van der Waals surface area contributed by atoms with Crippen molar-refractivity contribution in [2.75, 3.05) is 33.5 Å². The lowest BCUT2D eigenvalue weighted by Crippen LogP contribution is -2.43. The molecule has 0 aliphatic carbocycles. The summed E-state index contributed by atoms with van der Waals surface area (Å²) in [6.45, 7) is 2.02. The molecular weight excluding hydrogens is 318 g/mol. The highest BCUT2D eigenvalue weighted by Gasteiger charge is 2.28. The molecule has 0 aromatic heterocycles. The third-order valence-electron chi connectivity index (χ3n) is 4.28. The minimum Gasteiger partial charge on any atom is -0.493 e. The topological polar surface area (TPSA) is 48.0 Å². The minimum absolute atomic E-state index is 0.0336. The zero-order valence-corrected chi connectivity index (χ0v) is 14.4. The highest BCUT2D eigenvalue weighted by molar-refractivity contribution is 5.77. The average Bonchev–Trinajstić information content (AvgIpc) is 2.69. The molecule has 5 nitrogen and oxygen atoms in total. The van der Waals surface area contributed by atoms with Gasteiger partial charge >= 0.3 is 0 Å². The lowest BCUT2D eigenvalue weighted by Gasteiger charge is -2.36. The normalized spacial score (nSPS) is 17.2. The number of carbonyl (C=O) groups excluding carboxylic acids is 1. The van der Waals surface area contributed by atoms with Crippen LogP contribution in [0.25, 0.3) is 0 Å². The van der Waals surface area contributed by atoms with Crippen LogP contribution in [0.3, 0.4) is 0 Å². The molecule has 0 N–H and O–H groups in total. The van der Waals surface area contributed by atoms with Gasteiger partial charge < -0.3 is 19.1 Å². The first-order valence-corrected chi connectivity index (χ1v) is 8.47. The maximum atomic E-state index is 12.7. The van der Waals surface area contributed by atoms with Crippen LogP contribution in [0.4, 0.5) is 0 Å². The van der Waals surface area contributed by atoms with E-state index >= 15 is 0 Å². The number of carbonyl (C=O) groups is 1. The summed E-state index contributed by atoms with van der Waals surface area (Å²) in [5.74, 6) is 1.40. The molecule has 1 fully saturated rings. The molecule has 0 unspecified atom stereocenters. The van der Waals surface area contributed by atoms with Gasteiger partial charge in [-0.1, -0.05) is 42.5 Å². The van der Waals surface area contributed by atoms with Crippen LogP contribution in [0.2, 0.25) is 0 Å². The number of amides is 1. The summed E-state index contributed by atoms with van der Waals surface area (Å²) in [5, 5.41) is 0. The molecule has 1 atom stereocenters. The average molecular weight is 341 g/mol. The quantitative estimate of drug-likeness (QED) is 0.810. The molecule has 0 radical (unpaired) electrons. The van der Waals surface area contributed by atoms with E-state index in [9.17, 15) is 4.79 Å². The van der Waals surface area contributed by atoms with Crippen molar-refractivity contribution in [3.63, 3.8) is 0 Å². The smallest absolute Gasteiger partial charge is 0.226 e. The van der Waals surface area contributed by atoms with Gasteiger partial charge in [-0.2, -0.15) is 0 Å². The Labute approximate surface area is 148 Å². The van der Waals surface area contributed by atoms with Gasteiger partial charge in [0, 0.05) is 6.54 Å². The van der Waals surface area contributed by atoms with E-state index in [-0.39, 0.29) is 11.9 Å². The first kappa shape index (κ1) is 17.3. The van der Waals surface area contributed by atoms with Gasteiger partial charge in [-0.3, -0.25) is 4.79 Å². The third kappa shape index (κ3) is 4.31. The molecule has 1 aliphatic heterocycles. The molecule has 0 bridgehead atoms. The summed E-state index contributed by atoms with van der Waals surface area (Å²) in [6.07, 6.45) is 0.321. The van der Waals surface area contributed by atoms with E-state index in [1.165, 1.54) is 0 Å². The fourth-order valence-corrected chi connectivity index (χ4v) is 2.98. The fourth-order valence-electron chi connectivity index (χ4n) is 2.98. The van der Waals surface area contributed by atoms with E-state index < -0.39 is 0 Å². The summed E-state index contributed by atoms with van der Waals surface area (Å²) >= 11 is 0. The molecule has 132 valence electrons. The molecule has 3 rings (SSSR count). The largest absolute Gasteiger partial charge is 0.493 e. The maximum Gasteiger partial charge on any atom is 0.226 e. The second kappa shape index (κ2) is 8.53. The minimum atomic E-state index is -0.0336. The van der Waals surface area contributed by atoms with Gasteiger partial charge in [0.1, 0.15) is 0 Å². The Balaban J connectivity index is 1.59. The van der Waals surface area contributed by atoms with E-state index in [0.29, 0.717) is 44.3 Å². The Kier molecular flexibility index (Phi) is 5.90. The number of ether oxygens (including phenoxy) is 3. The van der Waals surface area contributed by atoms with Crippen LogP contribution in [0.5, 0.6) is 11.5 Å². The summed E-state index contributed by atoms with van der Waals surface area (Å²) in [6, 6.07) is 17.4. The van der Waals surface area contributed by atoms with Crippen LogP contribution in [0, 0.1) is 0 Å². The van der Waals surface area contributed by atoms with Gasteiger partial charge in [0.05, 0.1) is 39.4 Å². The Morgan fingerprint density at radius 3 is 2.60 bits per heavy atom. The van der Waals surface area contributed by atoms with Crippen molar-refractivity contribution in [1.29, 1.82) is 0 Å². The Morgan fingerprint density at radius 2 is 1.84 bits per heavy atom. The van der Waals surface area contributed by atoms with Crippen LogP contribution in [-0.4, -0.2) is 44.3 Å². The first-order valence-electron chi connectivity index (χ1n) is 8.47. The standard InChI is InChI=1S/C20H23NO4/c1-23-18-9-5-6-10-19(18)25-13-11-20(22)21-12-14-24-15-17(21)16-7-3-2-4-8-16/h2-10,17H,11-15H2,1H3/t17-/m0/s1. The monoisotopic (exact) mass is 341 g/mol. The van der Waals surface area contributed by atoms with Gasteiger partial charge in [-0.15, -0.1) is 0 Å². The lowest BCUT2D eigenvalue weighted by atomic mass is 10.0. The van der Waals surface area contributed by atoms with Gasteiger partial charge in [0.25, 0.3) is 0 Å². The predicted octanol–water partition coefficient (Wildman–Crippen LogP) is 3.06. The van der Waals surface area contributed by atoms with Crippen LogP contribution in [0.15, 0.2) is 54.6 Å². The summed E-state index contributed by atoms with van der Waals surface area (Å²) in [7, 11) is 1.60. The number of morpholine rings is 1. The third-order valence-corrected chi connectivity index (χ3v) is 4.28. The van der Waals surface area contributed by atoms with Crippen molar-refractivity contribution in [2.45, 2.75) is 12.5 Å². The lowest BCUT2D eigenvalue weighted by molar-refractivity contribution is -0.140. The second-order valence-corrected chi connectivity index (χ2v) is 5.84. The number of benzene rings is 2. The van der Waals surface area contributed by atoms with Gasteiger partial charge in [-0.05, 0) is 17.7 Å². The molecule has 0 saturated carbocycles. The molecule has 1 amide bonds. The van der Waals surface area contributed by atoms with Gasteiger partial charge in [0.2, 0.25) is 5.91 Å². The molecule has 1 aliphatic rings. The van der Waals surface area contributed by atoms with Gasteiger partial charge in [0.15, 0.2) is 11.5 Å². The SMILES string of the molecule is COc1ccccc1OCCC(=O)N1CCOC[C@H]1c1ccccc1. The highest BCUT2D eigenvalue weighted by atomic mass is 16.5. The highest BCUT2D eigenvalue weighted by Crippen LogP contribution is 2.27. The Hall–Kier alpha value is -2.53. The summed E-state index contributed by atoms with van der Waals surface area (Å²) in [4.78, 5) is 14.6.